The van der Waals surface area contributed by atoms with Crippen LogP contribution in [0.3, 0.4) is 0 Å². The van der Waals surface area contributed by atoms with E-state index >= 15 is 0 Å². The summed E-state index contributed by atoms with van der Waals surface area (Å²) in [6.07, 6.45) is 0. The Morgan fingerprint density at radius 1 is 0.381 bits per heavy atom. The van der Waals surface area contributed by atoms with Gasteiger partial charge in [-0.05, 0) is 48.5 Å². The highest BCUT2D eigenvalue weighted by molar-refractivity contribution is 5.61. The van der Waals surface area contributed by atoms with Crippen LogP contribution in [0, 0.1) is 13.8 Å². The molecule has 0 amide bonds. The second-order valence-electron chi connectivity index (χ2n) is 10.3. The van der Waals surface area contributed by atoms with E-state index in [0.29, 0.717) is 22.8 Å². The third kappa shape index (κ3) is 4.98. The van der Waals surface area contributed by atoms with Crippen molar-refractivity contribution in [1.82, 2.24) is 30.6 Å². The molecule has 6 heterocycles. The van der Waals surface area contributed by atoms with Crippen LogP contribution in [-0.2, 0) is 28.2 Å². The van der Waals surface area contributed by atoms with Gasteiger partial charge >= 0.3 is 11.4 Å². The average molecular weight is 557 g/mol. The summed E-state index contributed by atoms with van der Waals surface area (Å²) in [5.41, 5.74) is 10.6. The largest absolute Gasteiger partial charge is 0.302 e. The van der Waals surface area contributed by atoms with Crippen LogP contribution < -0.4 is 18.5 Å². The fraction of sp³-hybridized carbons (Fsp3) is 0.188. The topological polar surface area (TPSA) is 92.9 Å². The maximum absolute atomic E-state index is 4.74. The van der Waals surface area contributed by atoms with E-state index in [2.05, 4.69) is 106 Å². The second-order valence-corrected chi connectivity index (χ2v) is 10.3. The predicted octanol–water partition coefficient (Wildman–Crippen LogP) is 2.31. The molecule has 0 saturated heterocycles. The molecule has 10 nitrogen and oxygen atoms in total. The zero-order valence-corrected chi connectivity index (χ0v) is 24.6. The summed E-state index contributed by atoms with van der Waals surface area (Å²) in [7, 11) is 7.98. The molecular formula is C32H32N10+4. The van der Waals surface area contributed by atoms with E-state index in [1.54, 1.807) is 0 Å². The van der Waals surface area contributed by atoms with Crippen LogP contribution in [0.25, 0.3) is 56.9 Å². The van der Waals surface area contributed by atoms with E-state index < -0.39 is 0 Å². The number of pyridine rings is 2. The molecule has 0 aromatic carbocycles. The van der Waals surface area contributed by atoms with Gasteiger partial charge in [-0.2, -0.15) is 9.13 Å². The lowest BCUT2D eigenvalue weighted by atomic mass is 10.2. The summed E-state index contributed by atoms with van der Waals surface area (Å²) in [5.74, 6) is 0. The molecule has 0 bridgehead atoms. The Labute approximate surface area is 244 Å². The summed E-state index contributed by atoms with van der Waals surface area (Å²) in [4.78, 5) is 0. The molecule has 0 spiro atoms. The first-order valence-corrected chi connectivity index (χ1v) is 13.7. The van der Waals surface area contributed by atoms with Crippen molar-refractivity contribution in [2.45, 2.75) is 13.8 Å². The predicted molar refractivity (Wildman–Crippen MR) is 155 cm³/mol. The van der Waals surface area contributed by atoms with Crippen LogP contribution in [0.4, 0.5) is 0 Å². The average Bonchev–Trinajstić information content (AvgIpc) is 3.00. The molecule has 0 unspecified atom stereocenters. The lowest BCUT2D eigenvalue weighted by Crippen LogP contribution is -2.42. The number of hydrogen-bond donors (Lipinski definition) is 0. The monoisotopic (exact) mass is 556 g/mol. The first-order valence-electron chi connectivity index (χ1n) is 13.7. The van der Waals surface area contributed by atoms with Gasteiger partial charge in [0.2, 0.25) is 0 Å². The van der Waals surface area contributed by atoms with Gasteiger partial charge in [0, 0.05) is 60.4 Å². The molecule has 0 aliphatic heterocycles. The molecule has 0 aliphatic rings. The van der Waals surface area contributed by atoms with Crippen molar-refractivity contribution in [3.63, 3.8) is 0 Å². The van der Waals surface area contributed by atoms with Gasteiger partial charge in [-0.1, -0.05) is 9.36 Å². The van der Waals surface area contributed by atoms with Gasteiger partial charge in [0.15, 0.2) is 36.9 Å². The van der Waals surface area contributed by atoms with Crippen molar-refractivity contribution >= 4 is 0 Å². The first kappa shape index (κ1) is 26.8. The van der Waals surface area contributed by atoms with Crippen molar-refractivity contribution in [3.8, 4) is 56.9 Å². The molecule has 0 saturated carbocycles. The standard InChI is InChI=1S/C32H32N10/c1-21-9-7-11-29(39(21)3)31-19-17-27(37-41(31)5)25-15-13-23(33-35-25)24-14-16-26(36-34-24)28-18-20-32(42(6)38-28)30-12-8-10-22(2)40(30)4/h7-20H,1-6H3/q+4. The van der Waals surface area contributed by atoms with Gasteiger partial charge in [-0.3, -0.25) is 0 Å². The minimum atomic E-state index is 0.631. The SMILES string of the molecule is Cc1cccc(-c2ccc(-c3ccc(-c4ccc(-c5ccc(-c6cccc(C)[n+]6C)[n+](C)n5)nn4)nn3)n[n+]2C)[n+]1C. The summed E-state index contributed by atoms with van der Waals surface area (Å²) in [5, 5.41) is 27.2. The van der Waals surface area contributed by atoms with E-state index in [1.807, 2.05) is 59.9 Å². The third-order valence-corrected chi connectivity index (χ3v) is 7.62. The quantitative estimate of drug-likeness (QED) is 0.303. The Morgan fingerprint density at radius 2 is 0.714 bits per heavy atom. The molecule has 42 heavy (non-hydrogen) atoms. The smallest absolute Gasteiger partial charge is 0.193 e. The highest BCUT2D eigenvalue weighted by Crippen LogP contribution is 2.21. The molecule has 0 atom stereocenters. The summed E-state index contributed by atoms with van der Waals surface area (Å²) < 4.78 is 8.03. The Hall–Kier alpha value is -5.38. The number of aromatic nitrogens is 10. The van der Waals surface area contributed by atoms with Crippen LogP contribution in [0.2, 0.25) is 0 Å². The second kappa shape index (κ2) is 10.9. The van der Waals surface area contributed by atoms with Crippen LogP contribution in [-0.4, -0.2) is 30.6 Å². The van der Waals surface area contributed by atoms with Crippen molar-refractivity contribution in [2.75, 3.05) is 0 Å². The Morgan fingerprint density at radius 3 is 1.05 bits per heavy atom. The molecule has 10 heteroatoms. The number of rotatable bonds is 5. The van der Waals surface area contributed by atoms with E-state index in [1.165, 1.54) is 11.4 Å². The Kier molecular flexibility index (Phi) is 6.95. The zero-order valence-electron chi connectivity index (χ0n) is 24.6. The molecule has 0 aliphatic carbocycles. The molecule has 206 valence electrons. The molecule has 0 radical (unpaired) electrons. The maximum atomic E-state index is 4.74. The summed E-state index contributed by atoms with van der Waals surface area (Å²) in [6, 6.07) is 28.1. The molecule has 6 aromatic rings. The molecular weight excluding hydrogens is 524 g/mol. The van der Waals surface area contributed by atoms with Crippen molar-refractivity contribution in [3.05, 3.63) is 96.3 Å². The van der Waals surface area contributed by atoms with Gasteiger partial charge in [0.25, 0.3) is 11.4 Å². The van der Waals surface area contributed by atoms with Crippen molar-refractivity contribution in [1.29, 1.82) is 0 Å². The molecule has 6 aromatic heterocycles. The Bertz CT molecular complexity index is 1790. The van der Waals surface area contributed by atoms with Crippen molar-refractivity contribution in [2.24, 2.45) is 28.2 Å². The van der Waals surface area contributed by atoms with E-state index in [9.17, 15) is 0 Å². The highest BCUT2D eigenvalue weighted by atomic mass is 15.3. The summed E-state index contributed by atoms with van der Waals surface area (Å²) in [6.45, 7) is 4.17. The number of hydrogen-bond acceptors (Lipinski definition) is 6. The lowest BCUT2D eigenvalue weighted by Gasteiger charge is -2.04. The highest BCUT2D eigenvalue weighted by Gasteiger charge is 2.24. The van der Waals surface area contributed by atoms with Crippen LogP contribution in [0.5, 0.6) is 0 Å². The number of nitrogens with zero attached hydrogens (tertiary/aromatic N) is 10. The Balaban J connectivity index is 1.21. The summed E-state index contributed by atoms with van der Waals surface area (Å²) >= 11 is 0. The molecule has 0 N–H and O–H groups in total. The minimum Gasteiger partial charge on any atom is -0.193 e. The molecule has 6 rings (SSSR count). The third-order valence-electron chi connectivity index (χ3n) is 7.62. The van der Waals surface area contributed by atoms with Gasteiger partial charge in [-0.15, -0.1) is 20.4 Å². The van der Waals surface area contributed by atoms with Crippen LogP contribution in [0.15, 0.2) is 84.9 Å². The van der Waals surface area contributed by atoms with Crippen LogP contribution >= 0.6 is 0 Å². The van der Waals surface area contributed by atoms with Gasteiger partial charge in [0.1, 0.15) is 36.9 Å². The number of aryl methyl sites for hydroxylation is 4. The normalized spacial score (nSPS) is 11.1. The van der Waals surface area contributed by atoms with E-state index in [4.69, 9.17) is 10.2 Å². The molecule has 0 fully saturated rings. The van der Waals surface area contributed by atoms with Gasteiger partial charge in [-0.25, -0.2) is 0 Å². The lowest BCUT2D eigenvalue weighted by molar-refractivity contribution is -0.732. The van der Waals surface area contributed by atoms with E-state index in [0.717, 1.165) is 34.2 Å². The van der Waals surface area contributed by atoms with E-state index in [-0.39, 0.29) is 0 Å². The van der Waals surface area contributed by atoms with Gasteiger partial charge < -0.3 is 0 Å². The minimum absolute atomic E-state index is 0.631. The van der Waals surface area contributed by atoms with Crippen LogP contribution in [0.1, 0.15) is 11.4 Å². The fourth-order valence-corrected chi connectivity index (χ4v) is 4.91. The van der Waals surface area contributed by atoms with Crippen molar-refractivity contribution < 1.29 is 18.5 Å². The van der Waals surface area contributed by atoms with Gasteiger partial charge in [0.05, 0.1) is 0 Å². The maximum Gasteiger partial charge on any atom is 0.302 e. The first-order chi connectivity index (χ1) is 20.3. The fourth-order valence-electron chi connectivity index (χ4n) is 4.91. The zero-order chi connectivity index (χ0) is 29.4.